The van der Waals surface area contributed by atoms with E-state index in [2.05, 4.69) is 0 Å². The van der Waals surface area contributed by atoms with Gasteiger partial charge >= 0.3 is 0 Å². The largest absolute Gasteiger partial charge is 0.508 e. The number of hydrogen-bond donors (Lipinski definition) is 2. The van der Waals surface area contributed by atoms with Gasteiger partial charge in [-0.3, -0.25) is 4.79 Å². The molecular formula is C11H12O3. The van der Waals surface area contributed by atoms with Crippen molar-refractivity contribution in [2.75, 3.05) is 0 Å². The van der Waals surface area contributed by atoms with Gasteiger partial charge in [-0.1, -0.05) is 0 Å². The zero-order chi connectivity index (χ0) is 10.3. The molecule has 0 bridgehead atoms. The number of Topliss-reactive ketones (excluding diaryl/α,β-unsaturated/α-hetero) is 1. The van der Waals surface area contributed by atoms with E-state index in [1.54, 1.807) is 6.92 Å². The highest BCUT2D eigenvalue weighted by atomic mass is 16.3. The molecule has 0 radical (unpaired) electrons. The Bertz CT molecular complexity index is 392. The fourth-order valence-corrected chi connectivity index (χ4v) is 1.45. The van der Waals surface area contributed by atoms with Crippen molar-refractivity contribution in [3.05, 3.63) is 23.3 Å². The predicted octanol–water partition coefficient (Wildman–Crippen LogP) is 2.00. The van der Waals surface area contributed by atoms with Gasteiger partial charge in [0.1, 0.15) is 11.5 Å². The topological polar surface area (TPSA) is 57.5 Å². The lowest BCUT2D eigenvalue weighted by Gasteiger charge is -2.06. The maximum absolute atomic E-state index is 11.6. The molecule has 0 unspecified atom stereocenters. The fraction of sp³-hybridized carbons (Fsp3) is 0.364. The summed E-state index contributed by atoms with van der Waals surface area (Å²) in [6, 6.07) is 2.93. The summed E-state index contributed by atoms with van der Waals surface area (Å²) in [5, 5.41) is 18.9. The predicted molar refractivity (Wildman–Crippen MR) is 51.6 cm³/mol. The van der Waals surface area contributed by atoms with E-state index in [1.165, 1.54) is 12.1 Å². The molecule has 0 aliphatic heterocycles. The molecule has 0 aromatic heterocycles. The molecule has 3 nitrogen and oxygen atoms in total. The van der Waals surface area contributed by atoms with Crippen molar-refractivity contribution >= 4 is 5.78 Å². The van der Waals surface area contributed by atoms with Crippen LogP contribution in [0.1, 0.15) is 28.8 Å². The minimum atomic E-state index is -0.0816. The van der Waals surface area contributed by atoms with Crippen molar-refractivity contribution in [1.82, 2.24) is 0 Å². The summed E-state index contributed by atoms with van der Waals surface area (Å²) in [5.41, 5.74) is 0.708. The Kier molecular flexibility index (Phi) is 1.95. The van der Waals surface area contributed by atoms with Crippen molar-refractivity contribution in [1.29, 1.82) is 0 Å². The molecule has 0 atom stereocenters. The number of benzene rings is 1. The van der Waals surface area contributed by atoms with Crippen LogP contribution in [0.4, 0.5) is 0 Å². The van der Waals surface area contributed by atoms with Gasteiger partial charge in [-0.05, 0) is 31.9 Å². The van der Waals surface area contributed by atoms with E-state index < -0.39 is 0 Å². The van der Waals surface area contributed by atoms with Gasteiger partial charge in [-0.2, -0.15) is 0 Å². The van der Waals surface area contributed by atoms with Crippen LogP contribution in [0.5, 0.6) is 11.5 Å². The normalized spacial score (nSPS) is 15.5. The SMILES string of the molecule is Cc1c(O)ccc(C(=O)C2CC2)c1O. The van der Waals surface area contributed by atoms with Crippen molar-refractivity contribution < 1.29 is 15.0 Å². The van der Waals surface area contributed by atoms with Gasteiger partial charge in [-0.15, -0.1) is 0 Å². The van der Waals surface area contributed by atoms with Crippen LogP contribution in [0.15, 0.2) is 12.1 Å². The third-order valence-corrected chi connectivity index (χ3v) is 2.62. The number of hydrogen-bond acceptors (Lipinski definition) is 3. The molecule has 2 N–H and O–H groups in total. The second-order valence-electron chi connectivity index (χ2n) is 3.74. The van der Waals surface area contributed by atoms with E-state index in [1.807, 2.05) is 0 Å². The first-order valence-electron chi connectivity index (χ1n) is 4.67. The number of phenols is 2. The lowest BCUT2D eigenvalue weighted by molar-refractivity contribution is 0.0965. The van der Waals surface area contributed by atoms with Crippen molar-refractivity contribution in [3.8, 4) is 11.5 Å². The molecule has 2 rings (SSSR count). The van der Waals surface area contributed by atoms with Crippen LogP contribution in [0.3, 0.4) is 0 Å². The van der Waals surface area contributed by atoms with Gasteiger partial charge < -0.3 is 10.2 Å². The Labute approximate surface area is 82.0 Å². The number of rotatable bonds is 2. The second-order valence-corrected chi connectivity index (χ2v) is 3.74. The van der Waals surface area contributed by atoms with Crippen molar-refractivity contribution in [2.24, 2.45) is 5.92 Å². The molecule has 1 aliphatic carbocycles. The highest BCUT2D eigenvalue weighted by molar-refractivity contribution is 6.02. The van der Waals surface area contributed by atoms with Crippen LogP contribution >= 0.6 is 0 Å². The molecule has 1 aromatic rings. The monoisotopic (exact) mass is 192 g/mol. The van der Waals surface area contributed by atoms with E-state index in [9.17, 15) is 15.0 Å². The number of carbonyl (C=O) groups excluding carboxylic acids is 1. The Balaban J connectivity index is 2.43. The molecule has 1 fully saturated rings. The molecular weight excluding hydrogens is 180 g/mol. The highest BCUT2D eigenvalue weighted by Gasteiger charge is 2.32. The molecule has 1 aromatic carbocycles. The maximum atomic E-state index is 11.6. The van der Waals surface area contributed by atoms with Crippen LogP contribution < -0.4 is 0 Å². The van der Waals surface area contributed by atoms with Crippen LogP contribution in [0.2, 0.25) is 0 Å². The summed E-state index contributed by atoms with van der Waals surface area (Å²) in [6.07, 6.45) is 1.83. The molecule has 0 saturated heterocycles. The lowest BCUT2D eigenvalue weighted by atomic mass is 10.0. The summed E-state index contributed by atoms with van der Waals surface area (Å²) in [5.74, 6) is 0.0205. The molecule has 1 aliphatic rings. The molecule has 1 saturated carbocycles. The van der Waals surface area contributed by atoms with Gasteiger partial charge in [0, 0.05) is 11.5 Å². The number of phenolic OH excluding ortho intramolecular Hbond substituents is 2. The van der Waals surface area contributed by atoms with Crippen LogP contribution in [-0.2, 0) is 0 Å². The quantitative estimate of drug-likeness (QED) is 0.704. The van der Waals surface area contributed by atoms with Gasteiger partial charge in [0.2, 0.25) is 0 Å². The molecule has 0 heterocycles. The summed E-state index contributed by atoms with van der Waals surface area (Å²) >= 11 is 0. The maximum Gasteiger partial charge on any atom is 0.169 e. The average Bonchev–Trinajstić information content (AvgIpc) is 2.97. The fourth-order valence-electron chi connectivity index (χ4n) is 1.45. The lowest BCUT2D eigenvalue weighted by Crippen LogP contribution is -2.02. The first kappa shape index (κ1) is 9.06. The van der Waals surface area contributed by atoms with E-state index in [-0.39, 0.29) is 23.2 Å². The van der Waals surface area contributed by atoms with Gasteiger partial charge in [-0.25, -0.2) is 0 Å². The zero-order valence-electron chi connectivity index (χ0n) is 7.95. The summed E-state index contributed by atoms with van der Waals surface area (Å²) < 4.78 is 0. The Hall–Kier alpha value is -1.51. The van der Waals surface area contributed by atoms with E-state index >= 15 is 0 Å². The number of carbonyl (C=O) groups is 1. The third-order valence-electron chi connectivity index (χ3n) is 2.62. The average molecular weight is 192 g/mol. The zero-order valence-corrected chi connectivity index (χ0v) is 7.95. The minimum Gasteiger partial charge on any atom is -0.508 e. The number of ketones is 1. The Morgan fingerprint density at radius 2 is 2.00 bits per heavy atom. The summed E-state index contributed by atoms with van der Waals surface area (Å²) in [4.78, 5) is 11.6. The van der Waals surface area contributed by atoms with Crippen LogP contribution in [0.25, 0.3) is 0 Å². The first-order chi connectivity index (χ1) is 6.61. The summed E-state index contributed by atoms with van der Waals surface area (Å²) in [6.45, 7) is 1.59. The Morgan fingerprint density at radius 1 is 1.36 bits per heavy atom. The van der Waals surface area contributed by atoms with E-state index in [0.29, 0.717) is 11.1 Å². The van der Waals surface area contributed by atoms with E-state index in [4.69, 9.17) is 0 Å². The van der Waals surface area contributed by atoms with Gasteiger partial charge in [0.15, 0.2) is 5.78 Å². The third kappa shape index (κ3) is 1.35. The second kappa shape index (κ2) is 3.01. The van der Waals surface area contributed by atoms with E-state index in [0.717, 1.165) is 12.8 Å². The highest BCUT2D eigenvalue weighted by Crippen LogP contribution is 2.37. The first-order valence-corrected chi connectivity index (χ1v) is 4.67. The molecule has 74 valence electrons. The smallest absolute Gasteiger partial charge is 0.169 e. The van der Waals surface area contributed by atoms with Crippen LogP contribution in [0, 0.1) is 12.8 Å². The van der Waals surface area contributed by atoms with Crippen molar-refractivity contribution in [3.63, 3.8) is 0 Å². The molecule has 0 spiro atoms. The van der Waals surface area contributed by atoms with Gasteiger partial charge in [0.05, 0.1) is 5.56 Å². The minimum absolute atomic E-state index is 0.00870. The molecule has 0 amide bonds. The summed E-state index contributed by atoms with van der Waals surface area (Å²) in [7, 11) is 0. The van der Waals surface area contributed by atoms with Gasteiger partial charge in [0.25, 0.3) is 0 Å². The molecule has 3 heteroatoms. The Morgan fingerprint density at radius 3 is 2.57 bits per heavy atom. The number of aromatic hydroxyl groups is 2. The van der Waals surface area contributed by atoms with Crippen molar-refractivity contribution in [2.45, 2.75) is 19.8 Å². The standard InChI is InChI=1S/C11H12O3/c1-6-9(12)5-4-8(10(6)13)11(14)7-2-3-7/h4-5,7,12-13H,2-3H2,1H3. The molecule has 14 heavy (non-hydrogen) atoms. The van der Waals surface area contributed by atoms with Crippen LogP contribution in [-0.4, -0.2) is 16.0 Å².